The first-order chi connectivity index (χ1) is 9.64. The van der Waals surface area contributed by atoms with Gasteiger partial charge in [-0.3, -0.25) is 4.90 Å². The molecular formula is C12H26N4O3S. The molecule has 0 spiro atoms. The lowest BCUT2D eigenvalue weighted by Gasteiger charge is -2.31. The number of piperazine rings is 1. The van der Waals surface area contributed by atoms with Gasteiger partial charge in [0.1, 0.15) is 0 Å². The quantitative estimate of drug-likeness (QED) is 0.690. The summed E-state index contributed by atoms with van der Waals surface area (Å²) in [5.41, 5.74) is 0. The van der Waals surface area contributed by atoms with E-state index in [1.54, 1.807) is 15.7 Å². The molecule has 1 N–H and O–H groups in total. The number of methoxy groups -OCH3 is 1. The van der Waals surface area contributed by atoms with Gasteiger partial charge in [-0.2, -0.15) is 17.0 Å². The Morgan fingerprint density at radius 3 is 2.40 bits per heavy atom. The van der Waals surface area contributed by atoms with E-state index in [-0.39, 0.29) is 0 Å². The summed E-state index contributed by atoms with van der Waals surface area (Å²) in [7, 11) is -1.59. The van der Waals surface area contributed by atoms with Gasteiger partial charge in [0, 0.05) is 59.5 Å². The van der Waals surface area contributed by atoms with Crippen LogP contribution in [0.3, 0.4) is 0 Å². The second kappa shape index (κ2) is 7.67. The van der Waals surface area contributed by atoms with Gasteiger partial charge in [0.05, 0.1) is 6.61 Å². The van der Waals surface area contributed by atoms with Crippen LogP contribution in [0.1, 0.15) is 6.42 Å². The van der Waals surface area contributed by atoms with Crippen LogP contribution in [0.15, 0.2) is 0 Å². The molecule has 2 fully saturated rings. The number of hydrogen-bond acceptors (Lipinski definition) is 5. The van der Waals surface area contributed by atoms with Crippen LogP contribution in [0.4, 0.5) is 0 Å². The Kier molecular flexibility index (Phi) is 6.19. The van der Waals surface area contributed by atoms with E-state index in [2.05, 4.69) is 10.2 Å². The topological polar surface area (TPSA) is 65.1 Å². The van der Waals surface area contributed by atoms with Gasteiger partial charge in [0.2, 0.25) is 0 Å². The Morgan fingerprint density at radius 2 is 1.70 bits per heavy atom. The molecule has 0 radical (unpaired) electrons. The van der Waals surface area contributed by atoms with Gasteiger partial charge < -0.3 is 10.1 Å². The Labute approximate surface area is 122 Å². The standard InChI is InChI=1S/C12H26N4O3S/c1-19-12-11-14-5-2-6-15(10-9-14)20(17,18)16-7-3-13-4-8-16/h13H,2-12H2,1H3. The van der Waals surface area contributed by atoms with Crippen LogP contribution in [-0.2, 0) is 14.9 Å². The lowest BCUT2D eigenvalue weighted by molar-refractivity contribution is 0.151. The lowest BCUT2D eigenvalue weighted by Crippen LogP contribution is -2.52. The van der Waals surface area contributed by atoms with Crippen LogP contribution in [-0.4, -0.2) is 94.5 Å². The molecule has 0 aliphatic carbocycles. The highest BCUT2D eigenvalue weighted by Crippen LogP contribution is 2.13. The first kappa shape index (κ1) is 16.1. The molecule has 0 amide bonds. The van der Waals surface area contributed by atoms with Crippen molar-refractivity contribution in [1.82, 2.24) is 18.8 Å². The van der Waals surface area contributed by atoms with Gasteiger partial charge in [-0.15, -0.1) is 0 Å². The summed E-state index contributed by atoms with van der Waals surface area (Å²) < 4.78 is 33.5. The van der Waals surface area contributed by atoms with Gasteiger partial charge in [0.25, 0.3) is 10.2 Å². The maximum atomic E-state index is 12.6. The third kappa shape index (κ3) is 4.12. The minimum atomic E-state index is -3.28. The number of rotatable bonds is 5. The van der Waals surface area contributed by atoms with Crippen LogP contribution < -0.4 is 5.32 Å². The summed E-state index contributed by atoms with van der Waals surface area (Å²) >= 11 is 0. The van der Waals surface area contributed by atoms with Crippen LogP contribution in [0.2, 0.25) is 0 Å². The Bertz CT molecular complexity index is 384. The van der Waals surface area contributed by atoms with Crippen molar-refractivity contribution in [2.45, 2.75) is 6.42 Å². The first-order valence-corrected chi connectivity index (χ1v) is 8.71. The van der Waals surface area contributed by atoms with E-state index in [4.69, 9.17) is 4.74 Å². The molecule has 8 heteroatoms. The summed E-state index contributed by atoms with van der Waals surface area (Å²) in [5.74, 6) is 0. The number of nitrogens with zero attached hydrogens (tertiary/aromatic N) is 3. The van der Waals surface area contributed by atoms with Crippen molar-refractivity contribution in [3.05, 3.63) is 0 Å². The zero-order valence-electron chi connectivity index (χ0n) is 12.3. The predicted molar refractivity (Wildman–Crippen MR) is 77.9 cm³/mol. The highest BCUT2D eigenvalue weighted by atomic mass is 32.2. The van der Waals surface area contributed by atoms with E-state index in [1.165, 1.54) is 0 Å². The Balaban J connectivity index is 1.91. The van der Waals surface area contributed by atoms with E-state index in [9.17, 15) is 8.42 Å². The Morgan fingerprint density at radius 1 is 1.00 bits per heavy atom. The average molecular weight is 306 g/mol. The smallest absolute Gasteiger partial charge is 0.282 e. The molecule has 0 atom stereocenters. The van der Waals surface area contributed by atoms with Crippen LogP contribution in [0, 0.1) is 0 Å². The minimum absolute atomic E-state index is 0.576. The molecular weight excluding hydrogens is 280 g/mol. The highest BCUT2D eigenvalue weighted by molar-refractivity contribution is 7.86. The van der Waals surface area contributed by atoms with E-state index >= 15 is 0 Å². The molecule has 2 saturated heterocycles. The summed E-state index contributed by atoms with van der Waals surface area (Å²) in [5, 5.41) is 3.19. The van der Waals surface area contributed by atoms with Gasteiger partial charge in [0.15, 0.2) is 0 Å². The van der Waals surface area contributed by atoms with Crippen LogP contribution >= 0.6 is 0 Å². The third-order valence-corrected chi connectivity index (χ3v) is 5.92. The fraction of sp³-hybridized carbons (Fsp3) is 1.00. The van der Waals surface area contributed by atoms with Crippen molar-refractivity contribution in [1.29, 1.82) is 0 Å². The van der Waals surface area contributed by atoms with Gasteiger partial charge in [-0.1, -0.05) is 0 Å². The van der Waals surface area contributed by atoms with E-state index in [0.29, 0.717) is 32.8 Å². The molecule has 0 bridgehead atoms. The average Bonchev–Trinajstić information content (AvgIpc) is 2.72. The fourth-order valence-corrected chi connectivity index (χ4v) is 4.30. The molecule has 7 nitrogen and oxygen atoms in total. The third-order valence-electron chi connectivity index (χ3n) is 3.89. The molecule has 0 aromatic rings. The summed E-state index contributed by atoms with van der Waals surface area (Å²) in [6.07, 6.45) is 0.884. The summed E-state index contributed by atoms with van der Waals surface area (Å²) in [6, 6.07) is 0. The minimum Gasteiger partial charge on any atom is -0.383 e. The predicted octanol–water partition coefficient (Wildman–Crippen LogP) is -1.21. The molecule has 2 rings (SSSR count). The van der Waals surface area contributed by atoms with Crippen molar-refractivity contribution < 1.29 is 13.2 Å². The molecule has 20 heavy (non-hydrogen) atoms. The van der Waals surface area contributed by atoms with E-state index in [1.807, 2.05) is 0 Å². The molecule has 0 saturated carbocycles. The normalized spacial score (nSPS) is 24.6. The molecule has 0 aromatic carbocycles. The van der Waals surface area contributed by atoms with E-state index in [0.717, 1.165) is 39.1 Å². The van der Waals surface area contributed by atoms with Crippen molar-refractivity contribution in [3.63, 3.8) is 0 Å². The largest absolute Gasteiger partial charge is 0.383 e. The molecule has 2 aliphatic rings. The van der Waals surface area contributed by atoms with Crippen LogP contribution in [0.5, 0.6) is 0 Å². The maximum Gasteiger partial charge on any atom is 0.282 e. The zero-order chi connectivity index (χ0) is 14.4. The second-order valence-corrected chi connectivity index (χ2v) is 7.17. The van der Waals surface area contributed by atoms with Crippen molar-refractivity contribution >= 4 is 10.2 Å². The van der Waals surface area contributed by atoms with Crippen molar-refractivity contribution in [3.8, 4) is 0 Å². The fourth-order valence-electron chi connectivity index (χ4n) is 2.66. The molecule has 2 aliphatic heterocycles. The lowest BCUT2D eigenvalue weighted by atomic mass is 10.4. The monoisotopic (exact) mass is 306 g/mol. The van der Waals surface area contributed by atoms with E-state index < -0.39 is 10.2 Å². The van der Waals surface area contributed by atoms with Gasteiger partial charge >= 0.3 is 0 Å². The molecule has 118 valence electrons. The molecule has 2 heterocycles. The summed E-state index contributed by atoms with van der Waals surface area (Å²) in [4.78, 5) is 2.27. The SMILES string of the molecule is COCCN1CCCN(S(=O)(=O)N2CCNCC2)CC1. The number of nitrogens with one attached hydrogen (secondary N) is 1. The maximum absolute atomic E-state index is 12.6. The first-order valence-electron chi connectivity index (χ1n) is 7.32. The zero-order valence-corrected chi connectivity index (χ0v) is 13.1. The van der Waals surface area contributed by atoms with Crippen LogP contribution in [0.25, 0.3) is 0 Å². The molecule has 0 unspecified atom stereocenters. The number of ether oxygens (including phenoxy) is 1. The molecule has 0 aromatic heterocycles. The van der Waals surface area contributed by atoms with Crippen molar-refractivity contribution in [2.24, 2.45) is 0 Å². The van der Waals surface area contributed by atoms with Gasteiger partial charge in [-0.05, 0) is 13.0 Å². The van der Waals surface area contributed by atoms with Gasteiger partial charge in [-0.25, -0.2) is 0 Å². The number of hydrogen-bond donors (Lipinski definition) is 1. The Hall–Kier alpha value is -0.250. The second-order valence-electron chi connectivity index (χ2n) is 5.24. The highest BCUT2D eigenvalue weighted by Gasteiger charge is 2.31. The van der Waals surface area contributed by atoms with Crippen molar-refractivity contribution in [2.75, 3.05) is 72.6 Å². The summed E-state index contributed by atoms with van der Waals surface area (Å²) in [6.45, 7) is 7.14.